The first kappa shape index (κ1) is 22.0. The molecular weight excluding hydrogens is 475 g/mol. The number of carbonyl (C=O) groups is 1. The molecule has 3 heterocycles. The number of aryl methyl sites for hydroxylation is 1. The SMILES string of the molecule is CN=C(NCC(=O)Nc1cccnc1)NC1CCc2nc(COC)nn2C1.I. The van der Waals surface area contributed by atoms with Crippen LogP contribution >= 0.6 is 24.0 Å². The predicted molar refractivity (Wildman–Crippen MR) is 116 cm³/mol. The molecule has 2 aromatic heterocycles. The number of nitrogens with zero attached hydrogens (tertiary/aromatic N) is 5. The average molecular weight is 500 g/mol. The molecule has 152 valence electrons. The van der Waals surface area contributed by atoms with Crippen LogP contribution in [-0.4, -0.2) is 58.4 Å². The highest BCUT2D eigenvalue weighted by molar-refractivity contribution is 14.0. The lowest BCUT2D eigenvalue weighted by atomic mass is 10.1. The maximum Gasteiger partial charge on any atom is 0.243 e. The molecule has 0 aromatic carbocycles. The minimum absolute atomic E-state index is 0. The predicted octanol–water partition coefficient (Wildman–Crippen LogP) is 0.556. The molecule has 1 unspecified atom stereocenters. The van der Waals surface area contributed by atoms with Gasteiger partial charge in [-0.15, -0.1) is 24.0 Å². The van der Waals surface area contributed by atoms with Crippen LogP contribution in [0.3, 0.4) is 0 Å². The van der Waals surface area contributed by atoms with Gasteiger partial charge in [0.05, 0.1) is 25.0 Å². The average Bonchev–Trinajstić information content (AvgIpc) is 3.08. The van der Waals surface area contributed by atoms with Crippen molar-refractivity contribution in [3.8, 4) is 0 Å². The number of hydrogen-bond donors (Lipinski definition) is 3. The number of carbonyl (C=O) groups excluding carboxylic acids is 1. The number of halogens is 1. The summed E-state index contributed by atoms with van der Waals surface area (Å²) in [5.74, 6) is 2.07. The highest BCUT2D eigenvalue weighted by Crippen LogP contribution is 2.13. The summed E-state index contributed by atoms with van der Waals surface area (Å²) in [6, 6.07) is 3.71. The third-order valence-corrected chi connectivity index (χ3v) is 4.10. The largest absolute Gasteiger partial charge is 0.377 e. The lowest BCUT2D eigenvalue weighted by molar-refractivity contribution is -0.115. The topological polar surface area (TPSA) is 118 Å². The van der Waals surface area contributed by atoms with Gasteiger partial charge in [-0.25, -0.2) is 9.67 Å². The van der Waals surface area contributed by atoms with Crippen molar-refractivity contribution in [3.05, 3.63) is 36.2 Å². The summed E-state index contributed by atoms with van der Waals surface area (Å²) < 4.78 is 6.99. The van der Waals surface area contributed by atoms with Crippen molar-refractivity contribution in [1.82, 2.24) is 30.4 Å². The van der Waals surface area contributed by atoms with Crippen LogP contribution in [0.1, 0.15) is 18.1 Å². The zero-order valence-electron chi connectivity index (χ0n) is 15.9. The number of guanidine groups is 1. The number of pyridine rings is 1. The highest BCUT2D eigenvalue weighted by Gasteiger charge is 2.22. The van der Waals surface area contributed by atoms with E-state index in [1.54, 1.807) is 38.7 Å². The Morgan fingerprint density at radius 1 is 1.46 bits per heavy atom. The van der Waals surface area contributed by atoms with E-state index in [-0.39, 0.29) is 42.5 Å². The monoisotopic (exact) mass is 500 g/mol. The molecule has 1 aliphatic rings. The van der Waals surface area contributed by atoms with Gasteiger partial charge in [-0.05, 0) is 18.6 Å². The number of rotatable bonds is 6. The van der Waals surface area contributed by atoms with Gasteiger partial charge in [-0.1, -0.05) is 0 Å². The first-order valence-electron chi connectivity index (χ1n) is 8.76. The molecule has 0 spiro atoms. The van der Waals surface area contributed by atoms with Crippen molar-refractivity contribution in [2.75, 3.05) is 26.0 Å². The van der Waals surface area contributed by atoms with Crippen molar-refractivity contribution in [1.29, 1.82) is 0 Å². The van der Waals surface area contributed by atoms with Crippen molar-refractivity contribution >= 4 is 41.5 Å². The second-order valence-corrected chi connectivity index (χ2v) is 6.15. The highest BCUT2D eigenvalue weighted by atomic mass is 127. The Morgan fingerprint density at radius 3 is 3.04 bits per heavy atom. The number of methoxy groups -OCH3 is 1. The van der Waals surface area contributed by atoms with Crippen LogP contribution in [0, 0.1) is 0 Å². The maximum absolute atomic E-state index is 12.0. The van der Waals surface area contributed by atoms with Gasteiger partial charge in [0, 0.05) is 32.8 Å². The first-order valence-corrected chi connectivity index (χ1v) is 8.76. The molecule has 1 atom stereocenters. The summed E-state index contributed by atoms with van der Waals surface area (Å²) in [7, 11) is 3.30. The summed E-state index contributed by atoms with van der Waals surface area (Å²) in [4.78, 5) is 24.7. The number of fused-ring (bicyclic) bond motifs is 1. The molecule has 3 rings (SSSR count). The number of amides is 1. The van der Waals surface area contributed by atoms with Gasteiger partial charge in [-0.3, -0.25) is 14.8 Å². The van der Waals surface area contributed by atoms with Crippen molar-refractivity contribution < 1.29 is 9.53 Å². The fraction of sp³-hybridized carbons (Fsp3) is 0.471. The summed E-state index contributed by atoms with van der Waals surface area (Å²) in [5, 5.41) is 13.6. The lowest BCUT2D eigenvalue weighted by Gasteiger charge is -2.25. The van der Waals surface area contributed by atoms with E-state index in [9.17, 15) is 4.79 Å². The van der Waals surface area contributed by atoms with E-state index in [4.69, 9.17) is 4.74 Å². The summed E-state index contributed by atoms with van der Waals surface area (Å²) in [6.07, 6.45) is 4.99. The smallest absolute Gasteiger partial charge is 0.243 e. The molecule has 2 aromatic rings. The molecule has 0 radical (unpaired) electrons. The van der Waals surface area contributed by atoms with Gasteiger partial charge < -0.3 is 20.7 Å². The molecule has 0 aliphatic carbocycles. The van der Waals surface area contributed by atoms with E-state index in [1.807, 2.05) is 4.68 Å². The second-order valence-electron chi connectivity index (χ2n) is 6.15. The summed E-state index contributed by atoms with van der Waals surface area (Å²) >= 11 is 0. The zero-order valence-corrected chi connectivity index (χ0v) is 18.2. The van der Waals surface area contributed by atoms with E-state index >= 15 is 0 Å². The first-order chi connectivity index (χ1) is 13.2. The van der Waals surface area contributed by atoms with Crippen molar-refractivity contribution in [2.24, 2.45) is 4.99 Å². The van der Waals surface area contributed by atoms with E-state index in [0.717, 1.165) is 18.7 Å². The Labute approximate surface area is 180 Å². The van der Waals surface area contributed by atoms with Crippen LogP contribution in [0.2, 0.25) is 0 Å². The van der Waals surface area contributed by atoms with E-state index in [1.165, 1.54) is 0 Å². The molecule has 0 fully saturated rings. The third kappa shape index (κ3) is 6.12. The number of ether oxygens (including phenoxy) is 1. The van der Waals surface area contributed by atoms with Gasteiger partial charge in [-0.2, -0.15) is 5.10 Å². The third-order valence-electron chi connectivity index (χ3n) is 4.10. The Bertz CT molecular complexity index is 796. The number of aliphatic imine (C=N–C) groups is 1. The fourth-order valence-electron chi connectivity index (χ4n) is 2.86. The minimum Gasteiger partial charge on any atom is -0.377 e. The molecule has 11 heteroatoms. The van der Waals surface area contributed by atoms with Crippen molar-refractivity contribution in [2.45, 2.75) is 32.0 Å². The molecule has 1 aliphatic heterocycles. The van der Waals surface area contributed by atoms with Crippen LogP contribution in [0.25, 0.3) is 0 Å². The summed E-state index contributed by atoms with van der Waals surface area (Å²) in [5.41, 5.74) is 0.658. The number of aromatic nitrogens is 4. The zero-order chi connectivity index (χ0) is 19.1. The number of hydrogen-bond acceptors (Lipinski definition) is 6. The molecule has 0 saturated heterocycles. The normalized spacial score (nSPS) is 15.9. The standard InChI is InChI=1S/C17H24N8O2.HI/c1-18-17(20-9-16(26)21-12-4-3-7-19-8-12)22-13-5-6-15-23-14(11-27-2)24-25(15)10-13;/h3-4,7-8,13H,5-6,9-11H2,1-2H3,(H,21,26)(H2,18,20,22);1H. The van der Waals surface area contributed by atoms with Crippen LogP contribution in [0.5, 0.6) is 0 Å². The van der Waals surface area contributed by atoms with Gasteiger partial charge >= 0.3 is 0 Å². The van der Waals surface area contributed by atoms with E-state index in [0.29, 0.717) is 30.6 Å². The van der Waals surface area contributed by atoms with Crippen LogP contribution in [0.15, 0.2) is 29.5 Å². The molecule has 0 bridgehead atoms. The molecular formula is C17H25IN8O2. The second kappa shape index (κ2) is 10.9. The van der Waals surface area contributed by atoms with E-state index in [2.05, 4.69) is 36.0 Å². The molecule has 1 amide bonds. The Hall–Kier alpha value is -2.28. The molecule has 10 nitrogen and oxygen atoms in total. The van der Waals surface area contributed by atoms with Gasteiger partial charge in [0.15, 0.2) is 11.8 Å². The van der Waals surface area contributed by atoms with Crippen LogP contribution in [-0.2, 0) is 29.1 Å². The summed E-state index contributed by atoms with van der Waals surface area (Å²) in [6.45, 7) is 1.20. The Morgan fingerprint density at radius 2 is 2.32 bits per heavy atom. The van der Waals surface area contributed by atoms with Crippen LogP contribution in [0.4, 0.5) is 5.69 Å². The Balaban J connectivity index is 0.00000280. The van der Waals surface area contributed by atoms with E-state index < -0.39 is 0 Å². The van der Waals surface area contributed by atoms with Gasteiger partial charge in [0.1, 0.15) is 12.4 Å². The Kier molecular flexibility index (Phi) is 8.57. The maximum atomic E-state index is 12.0. The van der Waals surface area contributed by atoms with Gasteiger partial charge in [0.2, 0.25) is 5.91 Å². The van der Waals surface area contributed by atoms with Crippen molar-refractivity contribution in [3.63, 3.8) is 0 Å². The molecule has 0 saturated carbocycles. The quantitative estimate of drug-likeness (QED) is 0.301. The minimum atomic E-state index is -0.169. The number of nitrogens with one attached hydrogen (secondary N) is 3. The lowest BCUT2D eigenvalue weighted by Crippen LogP contribution is -2.48. The molecule has 28 heavy (non-hydrogen) atoms. The van der Waals surface area contributed by atoms with Gasteiger partial charge in [0.25, 0.3) is 0 Å². The fourth-order valence-corrected chi connectivity index (χ4v) is 2.86. The van der Waals surface area contributed by atoms with Crippen LogP contribution < -0.4 is 16.0 Å². The molecule has 3 N–H and O–H groups in total. The number of anilines is 1.